The third kappa shape index (κ3) is 7.05. The molecule has 3 saturated heterocycles. The van der Waals surface area contributed by atoms with Crippen molar-refractivity contribution in [2.24, 2.45) is 0 Å². The highest BCUT2D eigenvalue weighted by Gasteiger charge is 2.38. The molecule has 1 aromatic heterocycles. The van der Waals surface area contributed by atoms with Crippen LogP contribution in [-0.4, -0.2) is 110 Å². The Morgan fingerprint density at radius 2 is 1.80 bits per heavy atom. The molecule has 3 fully saturated rings. The van der Waals surface area contributed by atoms with Crippen molar-refractivity contribution in [3.05, 3.63) is 65.2 Å². The zero-order valence-corrected chi connectivity index (χ0v) is 27.6. The lowest BCUT2D eigenvalue weighted by atomic mass is 10.1. The number of piperidine rings is 1. The Hall–Kier alpha value is -3.03. The molecule has 3 atom stereocenters. The molecule has 45 heavy (non-hydrogen) atoms. The van der Waals surface area contributed by atoms with E-state index in [2.05, 4.69) is 9.62 Å². The number of rotatable bonds is 9. The Kier molecular flexibility index (Phi) is 9.49. The van der Waals surface area contributed by atoms with Crippen LogP contribution in [0.5, 0.6) is 0 Å². The van der Waals surface area contributed by atoms with Crippen LogP contribution < -0.4 is 4.72 Å². The second-order valence-electron chi connectivity index (χ2n) is 12.2. The summed E-state index contributed by atoms with van der Waals surface area (Å²) < 4.78 is 29.9. The SMILES string of the molecule is CN(C(=O)c1ccccc1)C1CCN(CC2CCCN2C(=O)CN2CCCC(NS(=O)(=O)c3cc4cc(Cl)ccc4s3)C2=O)C1. The van der Waals surface area contributed by atoms with E-state index in [1.165, 1.54) is 4.90 Å². The van der Waals surface area contributed by atoms with Crippen LogP contribution >= 0.6 is 22.9 Å². The Balaban J connectivity index is 1.03. The first-order chi connectivity index (χ1) is 21.6. The van der Waals surface area contributed by atoms with Crippen molar-refractivity contribution in [2.75, 3.05) is 46.3 Å². The molecular weight excluding hydrogens is 634 g/mol. The van der Waals surface area contributed by atoms with E-state index in [9.17, 15) is 22.8 Å². The maximum atomic E-state index is 13.5. The summed E-state index contributed by atoms with van der Waals surface area (Å²) in [7, 11) is -2.08. The summed E-state index contributed by atoms with van der Waals surface area (Å²) in [5.41, 5.74) is 0.679. The minimum atomic E-state index is -3.94. The van der Waals surface area contributed by atoms with E-state index in [4.69, 9.17) is 11.6 Å². The van der Waals surface area contributed by atoms with E-state index in [0.717, 1.165) is 60.3 Å². The molecule has 3 aliphatic rings. The summed E-state index contributed by atoms with van der Waals surface area (Å²) in [5, 5.41) is 1.25. The smallest absolute Gasteiger partial charge is 0.253 e. The largest absolute Gasteiger partial charge is 0.337 e. The highest BCUT2D eigenvalue weighted by atomic mass is 35.5. The normalized spacial score (nSPS) is 22.8. The molecule has 3 aromatic rings. The van der Waals surface area contributed by atoms with Crippen molar-refractivity contribution >= 4 is 60.8 Å². The summed E-state index contributed by atoms with van der Waals surface area (Å²) in [6.07, 6.45) is 3.65. The van der Waals surface area contributed by atoms with E-state index in [-0.39, 0.29) is 40.6 Å². The number of thiophene rings is 1. The number of carbonyl (C=O) groups is 3. The molecule has 13 heteroatoms. The first-order valence-corrected chi connectivity index (χ1v) is 18.1. The van der Waals surface area contributed by atoms with Crippen LogP contribution in [-0.2, 0) is 19.6 Å². The van der Waals surface area contributed by atoms with Crippen LogP contribution in [0.15, 0.2) is 58.8 Å². The number of carbonyl (C=O) groups excluding carboxylic acids is 3. The van der Waals surface area contributed by atoms with Crippen molar-refractivity contribution in [3.8, 4) is 0 Å². The zero-order chi connectivity index (χ0) is 31.7. The number of nitrogens with zero attached hydrogens (tertiary/aromatic N) is 4. The fourth-order valence-corrected chi connectivity index (χ4v) is 9.52. The first-order valence-electron chi connectivity index (χ1n) is 15.4. The second kappa shape index (κ2) is 13.4. The van der Waals surface area contributed by atoms with Gasteiger partial charge in [0, 0.05) is 67.1 Å². The fraction of sp³-hybridized carbons (Fsp3) is 0.469. The van der Waals surface area contributed by atoms with Gasteiger partial charge >= 0.3 is 0 Å². The Bertz CT molecular complexity index is 1680. The van der Waals surface area contributed by atoms with Gasteiger partial charge in [-0.25, -0.2) is 8.42 Å². The van der Waals surface area contributed by atoms with Crippen LogP contribution in [0.2, 0.25) is 5.02 Å². The van der Waals surface area contributed by atoms with Crippen LogP contribution in [0.4, 0.5) is 0 Å². The monoisotopic (exact) mass is 671 g/mol. The van der Waals surface area contributed by atoms with Gasteiger partial charge in [0.05, 0.1) is 6.54 Å². The predicted molar refractivity (Wildman–Crippen MR) is 175 cm³/mol. The molecule has 0 aliphatic carbocycles. The molecule has 0 spiro atoms. The fourth-order valence-electron chi connectivity index (χ4n) is 6.72. The van der Waals surface area contributed by atoms with Crippen molar-refractivity contribution in [2.45, 2.75) is 54.4 Å². The van der Waals surface area contributed by atoms with Crippen molar-refractivity contribution in [1.29, 1.82) is 0 Å². The van der Waals surface area contributed by atoms with E-state index in [1.54, 1.807) is 24.3 Å². The second-order valence-corrected chi connectivity index (χ2v) is 15.7. The van der Waals surface area contributed by atoms with Gasteiger partial charge in [-0.1, -0.05) is 29.8 Å². The molecule has 4 heterocycles. The summed E-state index contributed by atoms with van der Waals surface area (Å²) in [6, 6.07) is 15.3. The molecule has 1 N–H and O–H groups in total. The van der Waals surface area contributed by atoms with Crippen molar-refractivity contribution < 1.29 is 22.8 Å². The molecule has 240 valence electrons. The van der Waals surface area contributed by atoms with Gasteiger partial charge in [-0.05, 0) is 73.9 Å². The van der Waals surface area contributed by atoms with Gasteiger partial charge in [0.1, 0.15) is 10.3 Å². The van der Waals surface area contributed by atoms with Gasteiger partial charge in [-0.15, -0.1) is 11.3 Å². The maximum Gasteiger partial charge on any atom is 0.253 e. The van der Waals surface area contributed by atoms with E-state index in [1.807, 2.05) is 47.2 Å². The van der Waals surface area contributed by atoms with Crippen LogP contribution in [0, 0.1) is 0 Å². The number of likely N-dealkylation sites (N-methyl/N-ethyl adjacent to an activating group) is 1. The number of nitrogens with one attached hydrogen (secondary N) is 1. The quantitative estimate of drug-likeness (QED) is 0.372. The Labute approximate surface area is 272 Å². The third-order valence-electron chi connectivity index (χ3n) is 9.18. The first kappa shape index (κ1) is 31.9. The lowest BCUT2D eigenvalue weighted by Crippen LogP contribution is -2.55. The van der Waals surface area contributed by atoms with Crippen molar-refractivity contribution in [1.82, 2.24) is 24.3 Å². The summed E-state index contributed by atoms with van der Waals surface area (Å²) >= 11 is 7.19. The van der Waals surface area contributed by atoms with E-state index < -0.39 is 16.1 Å². The lowest BCUT2D eigenvalue weighted by Gasteiger charge is -2.35. The lowest BCUT2D eigenvalue weighted by molar-refractivity contribution is -0.143. The number of benzene rings is 2. The molecular formula is C32H38ClN5O5S2. The Morgan fingerprint density at radius 1 is 1.02 bits per heavy atom. The number of hydrogen-bond donors (Lipinski definition) is 1. The number of likely N-dealkylation sites (tertiary alicyclic amines) is 3. The topological polar surface area (TPSA) is 110 Å². The number of amides is 3. The molecule has 3 aliphatic heterocycles. The highest BCUT2D eigenvalue weighted by molar-refractivity contribution is 7.91. The molecule has 6 rings (SSSR count). The minimum Gasteiger partial charge on any atom is -0.337 e. The molecule has 3 unspecified atom stereocenters. The van der Waals surface area contributed by atoms with Gasteiger partial charge < -0.3 is 14.7 Å². The van der Waals surface area contributed by atoms with Crippen LogP contribution in [0.1, 0.15) is 42.5 Å². The number of halogens is 1. The average Bonchev–Trinajstić information content (AvgIpc) is 3.79. The van der Waals surface area contributed by atoms with E-state index in [0.29, 0.717) is 36.5 Å². The zero-order valence-electron chi connectivity index (χ0n) is 25.2. The van der Waals surface area contributed by atoms with Crippen LogP contribution in [0.3, 0.4) is 0 Å². The standard InChI is InChI=1S/C32H38ClN5O5S2/c1-35(31(40)22-7-3-2-4-8-22)25-13-16-36(19-25)20-26-9-5-15-38(26)29(39)21-37-14-6-10-27(32(37)41)34-45(42,43)30-18-23-17-24(33)11-12-28(23)44-30/h2-4,7-8,11-12,17-18,25-27,34H,5-6,9-10,13-16,19-21H2,1H3. The van der Waals surface area contributed by atoms with E-state index >= 15 is 0 Å². The van der Waals surface area contributed by atoms with Crippen molar-refractivity contribution in [3.63, 3.8) is 0 Å². The number of sulfonamides is 1. The highest BCUT2D eigenvalue weighted by Crippen LogP contribution is 2.31. The van der Waals surface area contributed by atoms with Gasteiger partial charge in [0.15, 0.2) is 0 Å². The average molecular weight is 672 g/mol. The molecule has 10 nitrogen and oxygen atoms in total. The molecule has 3 amide bonds. The van der Waals surface area contributed by atoms with Gasteiger partial charge in [0.2, 0.25) is 11.8 Å². The summed E-state index contributed by atoms with van der Waals surface area (Å²) in [6.45, 7) is 3.33. The Morgan fingerprint density at radius 3 is 2.60 bits per heavy atom. The summed E-state index contributed by atoms with van der Waals surface area (Å²) in [4.78, 5) is 47.4. The maximum absolute atomic E-state index is 13.5. The van der Waals surface area contributed by atoms with Crippen LogP contribution in [0.25, 0.3) is 10.1 Å². The molecule has 0 bridgehead atoms. The van der Waals surface area contributed by atoms with Gasteiger partial charge in [0.25, 0.3) is 15.9 Å². The molecule has 0 radical (unpaired) electrons. The predicted octanol–water partition coefficient (Wildman–Crippen LogP) is 3.66. The van der Waals surface area contributed by atoms with Gasteiger partial charge in [-0.3, -0.25) is 19.3 Å². The molecule has 0 saturated carbocycles. The number of fused-ring (bicyclic) bond motifs is 1. The minimum absolute atomic E-state index is 0.0145. The third-order valence-corrected chi connectivity index (χ3v) is 12.5. The molecule has 2 aromatic carbocycles. The number of hydrogen-bond acceptors (Lipinski definition) is 7. The summed E-state index contributed by atoms with van der Waals surface area (Å²) in [5.74, 6) is -0.463. The van der Waals surface area contributed by atoms with Gasteiger partial charge in [-0.2, -0.15) is 4.72 Å².